The number of amides is 4. The van der Waals surface area contributed by atoms with E-state index in [1.807, 2.05) is 45.0 Å². The summed E-state index contributed by atoms with van der Waals surface area (Å²) in [5, 5.41) is 5.61. The molecule has 1 unspecified atom stereocenters. The highest BCUT2D eigenvalue weighted by atomic mass is 79.9. The second-order valence-corrected chi connectivity index (χ2v) is 8.52. The summed E-state index contributed by atoms with van der Waals surface area (Å²) in [7, 11) is 0. The first-order valence-corrected chi connectivity index (χ1v) is 10.2. The Kier molecular flexibility index (Phi) is 5.80. The number of hydrogen-bond donors (Lipinski definition) is 2. The number of hydrogen-bond acceptors (Lipinski definition) is 3. The van der Waals surface area contributed by atoms with Crippen molar-refractivity contribution in [2.45, 2.75) is 39.2 Å². The molecule has 0 radical (unpaired) electrons. The maximum Gasteiger partial charge on any atom is 0.325 e. The summed E-state index contributed by atoms with van der Waals surface area (Å²) in [6.07, 6.45) is 0. The van der Waals surface area contributed by atoms with E-state index in [1.165, 1.54) is 0 Å². The molecule has 0 aromatic heterocycles. The predicted octanol–water partition coefficient (Wildman–Crippen LogP) is 4.29. The number of halogens is 1. The minimum Gasteiger partial charge on any atom is -0.324 e. The van der Waals surface area contributed by atoms with Crippen LogP contribution in [0.3, 0.4) is 0 Å². The van der Waals surface area contributed by atoms with Crippen LogP contribution >= 0.6 is 15.9 Å². The van der Waals surface area contributed by atoms with Crippen LogP contribution in [0.2, 0.25) is 0 Å². The van der Waals surface area contributed by atoms with Crippen LogP contribution in [0.1, 0.15) is 43.4 Å². The van der Waals surface area contributed by atoms with Crippen molar-refractivity contribution in [3.63, 3.8) is 0 Å². The molecule has 7 heteroatoms. The molecule has 0 saturated carbocycles. The van der Waals surface area contributed by atoms with Crippen LogP contribution in [0.4, 0.5) is 10.5 Å². The number of para-hydroxylation sites is 1. The number of carbonyl (C=O) groups excluding carboxylic acids is 3. The fourth-order valence-corrected chi connectivity index (χ4v) is 4.24. The van der Waals surface area contributed by atoms with E-state index in [1.54, 1.807) is 25.1 Å². The number of anilines is 1. The molecule has 3 rings (SSSR count). The van der Waals surface area contributed by atoms with E-state index in [-0.39, 0.29) is 12.5 Å². The third kappa shape index (κ3) is 3.92. The maximum absolute atomic E-state index is 13.1. The minimum absolute atomic E-state index is 0.223. The molecule has 0 spiro atoms. The number of urea groups is 1. The fraction of sp³-hybridized carbons (Fsp3) is 0.318. The first-order valence-electron chi connectivity index (χ1n) is 9.43. The van der Waals surface area contributed by atoms with Crippen molar-refractivity contribution in [2.24, 2.45) is 0 Å². The van der Waals surface area contributed by atoms with Crippen LogP contribution in [0.15, 0.2) is 46.9 Å². The van der Waals surface area contributed by atoms with Crippen molar-refractivity contribution >= 4 is 39.5 Å². The molecule has 1 saturated heterocycles. The Balaban J connectivity index is 1.81. The Labute approximate surface area is 178 Å². The lowest BCUT2D eigenvalue weighted by atomic mass is 9.92. The molecule has 29 heavy (non-hydrogen) atoms. The summed E-state index contributed by atoms with van der Waals surface area (Å²) in [6.45, 7) is 7.30. The normalized spacial score (nSPS) is 18.9. The molecule has 4 amide bonds. The van der Waals surface area contributed by atoms with Crippen LogP contribution in [0, 0.1) is 6.92 Å². The Bertz CT molecular complexity index is 989. The van der Waals surface area contributed by atoms with Gasteiger partial charge in [0.15, 0.2) is 0 Å². The van der Waals surface area contributed by atoms with Crippen molar-refractivity contribution in [1.82, 2.24) is 10.2 Å². The first-order chi connectivity index (χ1) is 13.6. The highest BCUT2D eigenvalue weighted by Crippen LogP contribution is 2.33. The molecule has 0 bridgehead atoms. The first kappa shape index (κ1) is 21.0. The number of rotatable bonds is 5. The molecule has 6 nitrogen and oxygen atoms in total. The van der Waals surface area contributed by atoms with Gasteiger partial charge in [-0.2, -0.15) is 0 Å². The van der Waals surface area contributed by atoms with Crippen molar-refractivity contribution in [2.75, 3.05) is 11.9 Å². The predicted molar refractivity (Wildman–Crippen MR) is 116 cm³/mol. The molecule has 2 aromatic carbocycles. The second kappa shape index (κ2) is 7.99. The SMILES string of the molecule is Cc1cccc(C(C)C)c1NC(=O)CN1C(=O)NC(C)(c2ccccc2Br)C1=O. The highest BCUT2D eigenvalue weighted by Gasteiger charge is 2.50. The Morgan fingerprint density at radius 2 is 1.86 bits per heavy atom. The minimum atomic E-state index is -1.23. The third-order valence-corrected chi connectivity index (χ3v) is 5.87. The van der Waals surface area contributed by atoms with Gasteiger partial charge in [0.2, 0.25) is 5.91 Å². The van der Waals surface area contributed by atoms with Crippen LogP contribution < -0.4 is 10.6 Å². The summed E-state index contributed by atoms with van der Waals surface area (Å²) >= 11 is 3.43. The van der Waals surface area contributed by atoms with E-state index in [2.05, 4.69) is 26.6 Å². The topological polar surface area (TPSA) is 78.5 Å². The van der Waals surface area contributed by atoms with Crippen molar-refractivity contribution in [1.29, 1.82) is 0 Å². The van der Waals surface area contributed by atoms with Crippen LogP contribution in [-0.2, 0) is 15.1 Å². The summed E-state index contributed by atoms with van der Waals surface area (Å²) in [5.41, 5.74) is 2.08. The van der Waals surface area contributed by atoms with E-state index >= 15 is 0 Å². The highest BCUT2D eigenvalue weighted by molar-refractivity contribution is 9.10. The van der Waals surface area contributed by atoms with Gasteiger partial charge in [-0.15, -0.1) is 0 Å². The van der Waals surface area contributed by atoms with E-state index in [0.29, 0.717) is 10.0 Å². The molecule has 1 aliphatic heterocycles. The molecule has 1 fully saturated rings. The number of nitrogens with one attached hydrogen (secondary N) is 2. The van der Waals surface area contributed by atoms with Gasteiger partial charge in [0.25, 0.3) is 5.91 Å². The van der Waals surface area contributed by atoms with Gasteiger partial charge in [0.05, 0.1) is 0 Å². The largest absolute Gasteiger partial charge is 0.325 e. The summed E-state index contributed by atoms with van der Waals surface area (Å²) in [4.78, 5) is 39.2. The van der Waals surface area contributed by atoms with Crippen LogP contribution in [0.5, 0.6) is 0 Å². The van der Waals surface area contributed by atoms with Gasteiger partial charge in [0.1, 0.15) is 12.1 Å². The number of aryl methyl sites for hydroxylation is 1. The molecule has 2 aromatic rings. The van der Waals surface area contributed by atoms with Crippen molar-refractivity contribution in [3.05, 3.63) is 63.6 Å². The van der Waals surface area contributed by atoms with Gasteiger partial charge in [-0.1, -0.05) is 66.2 Å². The van der Waals surface area contributed by atoms with Gasteiger partial charge in [0, 0.05) is 15.7 Å². The molecule has 2 N–H and O–H groups in total. The number of carbonyl (C=O) groups is 3. The van der Waals surface area contributed by atoms with Crippen molar-refractivity contribution in [3.8, 4) is 0 Å². The van der Waals surface area contributed by atoms with Crippen LogP contribution in [-0.4, -0.2) is 29.3 Å². The smallest absolute Gasteiger partial charge is 0.324 e. The van der Waals surface area contributed by atoms with E-state index in [9.17, 15) is 14.4 Å². The van der Waals surface area contributed by atoms with Gasteiger partial charge in [-0.3, -0.25) is 14.5 Å². The van der Waals surface area contributed by atoms with Gasteiger partial charge in [-0.05, 0) is 37.0 Å². The molecule has 1 atom stereocenters. The van der Waals surface area contributed by atoms with Crippen molar-refractivity contribution < 1.29 is 14.4 Å². The lowest BCUT2D eigenvalue weighted by Gasteiger charge is -2.23. The molecular formula is C22H24BrN3O3. The Hall–Kier alpha value is -2.67. The molecule has 152 valence electrons. The van der Waals surface area contributed by atoms with Gasteiger partial charge >= 0.3 is 6.03 Å². The maximum atomic E-state index is 13.1. The fourth-order valence-electron chi connectivity index (χ4n) is 3.55. The van der Waals surface area contributed by atoms with E-state index in [4.69, 9.17) is 0 Å². The zero-order chi connectivity index (χ0) is 21.3. The summed E-state index contributed by atoms with van der Waals surface area (Å²) in [6, 6.07) is 12.4. The van der Waals surface area contributed by atoms with E-state index in [0.717, 1.165) is 21.7 Å². The summed E-state index contributed by atoms with van der Waals surface area (Å²) < 4.78 is 0.712. The summed E-state index contributed by atoms with van der Waals surface area (Å²) in [5.74, 6) is -0.653. The van der Waals surface area contributed by atoms with E-state index < -0.39 is 23.4 Å². The molecule has 1 aliphatic rings. The monoisotopic (exact) mass is 457 g/mol. The molecule has 0 aliphatic carbocycles. The molecule has 1 heterocycles. The average Bonchev–Trinajstić information content (AvgIpc) is 2.87. The standard InChI is InChI=1S/C22H24BrN3O3/c1-13(2)15-9-7-8-14(3)19(15)24-18(27)12-26-20(28)22(4,25-21(26)29)16-10-5-6-11-17(16)23/h5-11,13H,12H2,1-4H3,(H,24,27)(H,25,29). The quantitative estimate of drug-likeness (QED) is 0.657. The van der Waals surface area contributed by atoms with Gasteiger partial charge < -0.3 is 10.6 Å². The Morgan fingerprint density at radius 1 is 1.17 bits per heavy atom. The van der Waals surface area contributed by atoms with Gasteiger partial charge in [-0.25, -0.2) is 4.79 Å². The van der Waals surface area contributed by atoms with Crippen LogP contribution in [0.25, 0.3) is 0 Å². The Morgan fingerprint density at radius 3 is 2.52 bits per heavy atom. The average molecular weight is 458 g/mol. The zero-order valence-electron chi connectivity index (χ0n) is 16.9. The number of benzene rings is 2. The lowest BCUT2D eigenvalue weighted by Crippen LogP contribution is -2.42. The lowest BCUT2D eigenvalue weighted by molar-refractivity contribution is -0.133. The zero-order valence-corrected chi connectivity index (χ0v) is 18.5. The number of imide groups is 1. The second-order valence-electron chi connectivity index (χ2n) is 7.67. The third-order valence-electron chi connectivity index (χ3n) is 5.18. The number of nitrogens with zero attached hydrogens (tertiary/aromatic N) is 1. The molecular weight excluding hydrogens is 434 g/mol.